The van der Waals surface area contributed by atoms with E-state index in [0.29, 0.717) is 5.92 Å². The highest BCUT2D eigenvalue weighted by molar-refractivity contribution is 5.73. The minimum Gasteiger partial charge on any atom is -0.480 e. The van der Waals surface area contributed by atoms with Gasteiger partial charge in [0.25, 0.3) is 0 Å². The van der Waals surface area contributed by atoms with Crippen LogP contribution in [0.2, 0.25) is 0 Å². The summed E-state index contributed by atoms with van der Waals surface area (Å²) in [5, 5.41) is 8.48. The lowest BCUT2D eigenvalue weighted by atomic mass is 9.91. The van der Waals surface area contributed by atoms with E-state index in [-0.39, 0.29) is 5.92 Å². The van der Waals surface area contributed by atoms with Gasteiger partial charge in [-0.2, -0.15) is 0 Å². The molecule has 0 spiro atoms. The first-order valence-corrected chi connectivity index (χ1v) is 3.45. The molecule has 0 rings (SSSR count). The molecule has 0 saturated carbocycles. The molecule has 0 fully saturated rings. The van der Waals surface area contributed by atoms with E-state index in [0.717, 1.165) is 0 Å². The van der Waals surface area contributed by atoms with Crippen LogP contribution in [-0.2, 0) is 4.79 Å². The number of hydrogen-bond donors (Lipinski definition) is 2. The number of nitrogens with two attached hydrogens (primary N) is 1. The topological polar surface area (TPSA) is 63.3 Å². The Bertz CT molecular complexity index is 123. The van der Waals surface area contributed by atoms with Gasteiger partial charge in [0.15, 0.2) is 0 Å². The zero-order chi connectivity index (χ0) is 8.31. The highest BCUT2D eigenvalue weighted by atomic mass is 16.4. The molecule has 2 unspecified atom stereocenters. The molecule has 0 aromatic carbocycles. The maximum Gasteiger partial charge on any atom is 0.320 e. The fraction of sp³-hybridized carbons (Fsp3) is 0.857. The van der Waals surface area contributed by atoms with Crippen LogP contribution in [0.25, 0.3) is 0 Å². The van der Waals surface area contributed by atoms with Gasteiger partial charge in [-0.1, -0.05) is 20.8 Å². The lowest BCUT2D eigenvalue weighted by Crippen LogP contribution is -2.38. The van der Waals surface area contributed by atoms with Gasteiger partial charge in [0, 0.05) is 0 Å². The third-order valence-corrected chi connectivity index (χ3v) is 1.90. The molecule has 3 heteroatoms. The summed E-state index contributed by atoms with van der Waals surface area (Å²) >= 11 is 0. The zero-order valence-corrected chi connectivity index (χ0v) is 6.66. The van der Waals surface area contributed by atoms with Gasteiger partial charge in [-0.05, 0) is 11.8 Å². The highest BCUT2D eigenvalue weighted by Gasteiger charge is 2.21. The Morgan fingerprint density at radius 1 is 1.40 bits per heavy atom. The van der Waals surface area contributed by atoms with Crippen molar-refractivity contribution in [2.45, 2.75) is 26.8 Å². The molecule has 2 atom stereocenters. The molecule has 3 nitrogen and oxygen atoms in total. The van der Waals surface area contributed by atoms with Gasteiger partial charge in [0.2, 0.25) is 0 Å². The summed E-state index contributed by atoms with van der Waals surface area (Å²) in [6, 6.07) is -0.722. The second-order valence-corrected chi connectivity index (χ2v) is 2.97. The van der Waals surface area contributed by atoms with Crippen LogP contribution in [0.5, 0.6) is 0 Å². The summed E-state index contributed by atoms with van der Waals surface area (Å²) in [4.78, 5) is 10.3. The minimum absolute atomic E-state index is 0.0394. The largest absolute Gasteiger partial charge is 0.480 e. The summed E-state index contributed by atoms with van der Waals surface area (Å²) in [7, 11) is 0. The molecule has 10 heavy (non-hydrogen) atoms. The van der Waals surface area contributed by atoms with E-state index in [1.54, 1.807) is 0 Å². The molecular formula is C7H15NO2. The Morgan fingerprint density at radius 3 is 1.90 bits per heavy atom. The molecular weight excluding hydrogens is 130 g/mol. The maximum atomic E-state index is 10.3. The Morgan fingerprint density at radius 2 is 1.80 bits per heavy atom. The summed E-state index contributed by atoms with van der Waals surface area (Å²) in [5.41, 5.74) is 5.36. The number of hydrogen-bond acceptors (Lipinski definition) is 2. The monoisotopic (exact) mass is 145 g/mol. The normalized spacial score (nSPS) is 16.9. The average Bonchev–Trinajstić information content (AvgIpc) is 1.84. The van der Waals surface area contributed by atoms with Crippen molar-refractivity contribution in [2.24, 2.45) is 17.6 Å². The van der Waals surface area contributed by atoms with Crippen LogP contribution in [0.15, 0.2) is 0 Å². The van der Waals surface area contributed by atoms with E-state index < -0.39 is 12.0 Å². The third kappa shape index (κ3) is 2.35. The van der Waals surface area contributed by atoms with Gasteiger partial charge < -0.3 is 10.8 Å². The predicted octanol–water partition coefficient (Wildman–Crippen LogP) is 0.690. The molecule has 0 radical (unpaired) electrons. The number of carboxylic acids is 1. The molecule has 0 aromatic heterocycles. The number of rotatable bonds is 3. The van der Waals surface area contributed by atoms with Crippen LogP contribution in [0, 0.1) is 11.8 Å². The number of aliphatic carboxylic acids is 1. The third-order valence-electron chi connectivity index (χ3n) is 1.90. The summed E-state index contributed by atoms with van der Waals surface area (Å²) in [5.74, 6) is -0.551. The van der Waals surface area contributed by atoms with Crippen LogP contribution in [-0.4, -0.2) is 17.1 Å². The first kappa shape index (κ1) is 9.43. The lowest BCUT2D eigenvalue weighted by Gasteiger charge is -2.18. The molecule has 0 aromatic rings. The van der Waals surface area contributed by atoms with Crippen molar-refractivity contribution in [3.63, 3.8) is 0 Å². The molecule has 0 bridgehead atoms. The SMILES string of the molecule is CC(C)C(C)C(N)C(=O)O. The van der Waals surface area contributed by atoms with E-state index in [4.69, 9.17) is 10.8 Å². The number of carboxylic acid groups (broad SMARTS) is 1. The first-order chi connectivity index (χ1) is 4.46. The molecule has 0 saturated heterocycles. The van der Waals surface area contributed by atoms with E-state index in [2.05, 4.69) is 0 Å². The molecule has 0 aliphatic rings. The molecule has 0 amide bonds. The van der Waals surface area contributed by atoms with Crippen LogP contribution in [0.3, 0.4) is 0 Å². The van der Waals surface area contributed by atoms with Crippen molar-refractivity contribution < 1.29 is 9.90 Å². The highest BCUT2D eigenvalue weighted by Crippen LogP contribution is 2.12. The van der Waals surface area contributed by atoms with Crippen molar-refractivity contribution in [2.75, 3.05) is 0 Å². The fourth-order valence-corrected chi connectivity index (χ4v) is 0.640. The summed E-state index contributed by atoms with van der Waals surface area (Å²) in [6.45, 7) is 5.78. The van der Waals surface area contributed by atoms with E-state index in [9.17, 15) is 4.79 Å². The van der Waals surface area contributed by atoms with Crippen LogP contribution >= 0.6 is 0 Å². The average molecular weight is 145 g/mol. The summed E-state index contributed by atoms with van der Waals surface area (Å²) in [6.07, 6.45) is 0. The van der Waals surface area contributed by atoms with Gasteiger partial charge in [0.05, 0.1) is 0 Å². The second-order valence-electron chi connectivity index (χ2n) is 2.97. The van der Waals surface area contributed by atoms with Crippen molar-refractivity contribution in [1.82, 2.24) is 0 Å². The molecule has 60 valence electrons. The molecule has 3 N–H and O–H groups in total. The standard InChI is InChI=1S/C7H15NO2/c1-4(2)5(3)6(8)7(9)10/h4-6H,8H2,1-3H3,(H,9,10). The Balaban J connectivity index is 3.94. The van der Waals surface area contributed by atoms with Gasteiger partial charge in [-0.3, -0.25) is 4.79 Å². The zero-order valence-electron chi connectivity index (χ0n) is 6.66. The van der Waals surface area contributed by atoms with Gasteiger partial charge in [-0.25, -0.2) is 0 Å². The lowest BCUT2D eigenvalue weighted by molar-refractivity contribution is -0.140. The Kier molecular flexibility index (Phi) is 3.36. The minimum atomic E-state index is -0.916. The smallest absolute Gasteiger partial charge is 0.320 e. The van der Waals surface area contributed by atoms with E-state index in [1.807, 2.05) is 20.8 Å². The molecule has 0 aliphatic carbocycles. The van der Waals surface area contributed by atoms with Gasteiger partial charge >= 0.3 is 5.97 Å². The van der Waals surface area contributed by atoms with Crippen molar-refractivity contribution in [1.29, 1.82) is 0 Å². The second kappa shape index (κ2) is 3.56. The molecule has 0 heterocycles. The van der Waals surface area contributed by atoms with Crippen LogP contribution in [0.4, 0.5) is 0 Å². The maximum absolute atomic E-state index is 10.3. The molecule has 0 aliphatic heterocycles. The van der Waals surface area contributed by atoms with Crippen molar-refractivity contribution >= 4 is 5.97 Å². The predicted molar refractivity (Wildman–Crippen MR) is 39.6 cm³/mol. The van der Waals surface area contributed by atoms with Crippen LogP contribution < -0.4 is 5.73 Å². The first-order valence-electron chi connectivity index (χ1n) is 3.45. The van der Waals surface area contributed by atoms with E-state index in [1.165, 1.54) is 0 Å². The Hall–Kier alpha value is -0.570. The quantitative estimate of drug-likeness (QED) is 0.614. The van der Waals surface area contributed by atoms with Gasteiger partial charge in [-0.15, -0.1) is 0 Å². The van der Waals surface area contributed by atoms with Crippen molar-refractivity contribution in [3.8, 4) is 0 Å². The Labute approximate surface area is 61.2 Å². The van der Waals surface area contributed by atoms with Crippen LogP contribution in [0.1, 0.15) is 20.8 Å². The number of carbonyl (C=O) groups is 1. The van der Waals surface area contributed by atoms with E-state index >= 15 is 0 Å². The van der Waals surface area contributed by atoms with Gasteiger partial charge in [0.1, 0.15) is 6.04 Å². The van der Waals surface area contributed by atoms with Crippen molar-refractivity contribution in [3.05, 3.63) is 0 Å². The fourth-order valence-electron chi connectivity index (χ4n) is 0.640. The summed E-state index contributed by atoms with van der Waals surface area (Å²) < 4.78 is 0.